The molecule has 4 fully saturated rings. The molecule has 2 aromatic rings. The van der Waals surface area contributed by atoms with Crippen LogP contribution in [0.2, 0.25) is 0 Å². The van der Waals surface area contributed by atoms with Gasteiger partial charge in [0.05, 0.1) is 26.4 Å². The number of carbonyl (C=O) groups excluding carboxylic acids is 1. The largest absolute Gasteiger partial charge is 0.444 e. The average molecular weight is 687 g/mol. The van der Waals surface area contributed by atoms with Crippen LogP contribution in [0.4, 0.5) is 25.0 Å². The molecule has 2 aromatic carbocycles. The first-order valence-corrected chi connectivity index (χ1v) is 17.8. The first-order chi connectivity index (χ1) is 23.4. The van der Waals surface area contributed by atoms with E-state index in [9.17, 15) is 13.6 Å². The van der Waals surface area contributed by atoms with Crippen molar-refractivity contribution < 1.29 is 27.8 Å². The molecule has 4 aliphatic rings. The molecule has 0 aromatic heterocycles. The van der Waals surface area contributed by atoms with Crippen LogP contribution >= 0.6 is 0 Å². The second-order valence-electron chi connectivity index (χ2n) is 14.6. The molecule has 10 nitrogen and oxygen atoms in total. The maximum Gasteiger partial charge on any atom is 0.410 e. The highest BCUT2D eigenvalue weighted by molar-refractivity contribution is 5.68. The smallest absolute Gasteiger partial charge is 0.410 e. The summed E-state index contributed by atoms with van der Waals surface area (Å²) in [5.41, 5.74) is 2.86. The first kappa shape index (κ1) is 37.2. The fourth-order valence-corrected chi connectivity index (χ4v) is 6.77. The van der Waals surface area contributed by atoms with Crippen LogP contribution < -0.4 is 15.1 Å². The maximum absolute atomic E-state index is 14.7. The third-order valence-electron chi connectivity index (χ3n) is 9.41. The highest BCUT2D eigenvalue weighted by atomic mass is 19.1. The van der Waals surface area contributed by atoms with Crippen molar-refractivity contribution in [2.24, 2.45) is 0 Å². The lowest BCUT2D eigenvalue weighted by Gasteiger charge is -2.40. The van der Waals surface area contributed by atoms with Gasteiger partial charge < -0.3 is 34.2 Å². The van der Waals surface area contributed by atoms with Crippen LogP contribution in [-0.2, 0) is 27.3 Å². The molecule has 2 atom stereocenters. The monoisotopic (exact) mass is 686 g/mol. The highest BCUT2D eigenvalue weighted by Gasteiger charge is 2.31. The molecule has 49 heavy (non-hydrogen) atoms. The number of hydrogen-bond donors (Lipinski definition) is 1. The number of ether oxygens (including phenoxy) is 3. The predicted molar refractivity (Wildman–Crippen MR) is 189 cm³/mol. The quantitative estimate of drug-likeness (QED) is 0.471. The van der Waals surface area contributed by atoms with E-state index in [2.05, 4.69) is 31.8 Å². The Morgan fingerprint density at radius 1 is 0.776 bits per heavy atom. The van der Waals surface area contributed by atoms with Gasteiger partial charge in [0.15, 0.2) is 0 Å². The van der Waals surface area contributed by atoms with E-state index in [4.69, 9.17) is 14.2 Å². The minimum Gasteiger partial charge on any atom is -0.444 e. The third kappa shape index (κ3) is 11.0. The molecule has 0 aliphatic carbocycles. The number of hydrogen-bond acceptors (Lipinski definition) is 9. The Morgan fingerprint density at radius 2 is 1.29 bits per heavy atom. The van der Waals surface area contributed by atoms with E-state index in [-0.39, 0.29) is 23.8 Å². The van der Waals surface area contributed by atoms with Crippen LogP contribution in [0.5, 0.6) is 0 Å². The van der Waals surface area contributed by atoms with E-state index >= 15 is 0 Å². The standard InChI is InChI=1S/C21H32FN3O3.C16H24FN3O/c1-16-14-23(7-8-25(16)20(26)28-21(2,3)4)15-17-5-6-18(13-19(17)22)24-9-11-27-12-10-24;1-13-11-19(5-4-18-13)12-14-2-3-15(10-16(14)17)20-6-8-21-9-7-20/h5-6,13,16H,7-12,14-15H2,1-4H3;2-3,10,13,18H,4-9,11-12H2,1H3/t16-;13-/m00/s1. The lowest BCUT2D eigenvalue weighted by molar-refractivity contribution is 0.000434. The number of nitrogens with one attached hydrogen (secondary N) is 1. The van der Waals surface area contributed by atoms with E-state index in [0.29, 0.717) is 57.5 Å². The highest BCUT2D eigenvalue weighted by Crippen LogP contribution is 2.24. The molecule has 6 rings (SSSR count). The number of halogens is 2. The molecule has 1 amide bonds. The van der Waals surface area contributed by atoms with Gasteiger partial charge in [0.1, 0.15) is 17.2 Å². The maximum atomic E-state index is 14.7. The SMILES string of the molecule is C[C@H]1CN(Cc2ccc(N3CCOCC3)cc2F)CCN1.C[C@H]1CN(Cc2ccc(N3CCOCC3)cc2F)CCN1C(=O)OC(C)(C)C. The third-order valence-corrected chi connectivity index (χ3v) is 9.41. The minimum atomic E-state index is -0.501. The molecule has 1 N–H and O–H groups in total. The second-order valence-corrected chi connectivity index (χ2v) is 14.6. The van der Waals surface area contributed by atoms with Crippen molar-refractivity contribution in [1.82, 2.24) is 20.0 Å². The van der Waals surface area contributed by atoms with Crippen molar-refractivity contribution >= 4 is 17.5 Å². The van der Waals surface area contributed by atoms with Crippen LogP contribution in [0.15, 0.2) is 36.4 Å². The van der Waals surface area contributed by atoms with E-state index in [0.717, 1.165) is 76.0 Å². The van der Waals surface area contributed by atoms with Gasteiger partial charge in [-0.25, -0.2) is 13.6 Å². The van der Waals surface area contributed by atoms with Crippen molar-refractivity contribution in [2.45, 2.75) is 65.4 Å². The molecule has 4 aliphatic heterocycles. The molecule has 0 bridgehead atoms. The Balaban J connectivity index is 0.000000199. The summed E-state index contributed by atoms with van der Waals surface area (Å²) < 4.78 is 45.2. The molecule has 4 saturated heterocycles. The van der Waals surface area contributed by atoms with Gasteiger partial charge in [-0.15, -0.1) is 0 Å². The Labute approximate surface area is 291 Å². The summed E-state index contributed by atoms with van der Waals surface area (Å²) in [6, 6.07) is 11.7. The lowest BCUT2D eigenvalue weighted by atomic mass is 10.1. The number of piperazine rings is 2. The molecular formula is C37H56F2N6O4. The predicted octanol–water partition coefficient (Wildman–Crippen LogP) is 4.56. The summed E-state index contributed by atoms with van der Waals surface area (Å²) in [5, 5.41) is 3.41. The zero-order valence-electron chi connectivity index (χ0n) is 30.1. The van der Waals surface area contributed by atoms with Gasteiger partial charge in [-0.2, -0.15) is 0 Å². The van der Waals surface area contributed by atoms with Crippen molar-refractivity contribution in [3.05, 3.63) is 59.2 Å². The van der Waals surface area contributed by atoms with Gasteiger partial charge in [-0.3, -0.25) is 9.80 Å². The Bertz CT molecular complexity index is 1360. The zero-order valence-corrected chi connectivity index (χ0v) is 30.1. The summed E-state index contributed by atoms with van der Waals surface area (Å²) in [7, 11) is 0. The molecule has 0 unspecified atom stereocenters. The summed E-state index contributed by atoms with van der Waals surface area (Å²) in [5.74, 6) is -0.267. The molecular weight excluding hydrogens is 630 g/mol. The van der Waals surface area contributed by atoms with Crippen LogP contribution in [0.1, 0.15) is 45.7 Å². The molecule has 4 heterocycles. The summed E-state index contributed by atoms with van der Waals surface area (Å²) in [6.07, 6.45) is -0.277. The number of amides is 1. The van der Waals surface area contributed by atoms with Gasteiger partial charge in [-0.05, 0) is 58.9 Å². The van der Waals surface area contributed by atoms with E-state index in [1.54, 1.807) is 17.0 Å². The lowest BCUT2D eigenvalue weighted by Crippen LogP contribution is -2.54. The van der Waals surface area contributed by atoms with Gasteiger partial charge >= 0.3 is 6.09 Å². The van der Waals surface area contributed by atoms with Crippen molar-refractivity contribution in [3.63, 3.8) is 0 Å². The normalized spacial score (nSPS) is 22.8. The van der Waals surface area contributed by atoms with E-state index < -0.39 is 5.60 Å². The number of nitrogens with zero attached hydrogens (tertiary/aromatic N) is 5. The fraction of sp³-hybridized carbons (Fsp3) is 0.649. The molecule has 0 spiro atoms. The molecule has 12 heteroatoms. The Hall–Kier alpha value is -3.03. The number of carbonyl (C=O) groups is 1. The van der Waals surface area contributed by atoms with Crippen molar-refractivity contribution in [2.75, 3.05) is 102 Å². The number of benzene rings is 2. The van der Waals surface area contributed by atoms with Gasteiger partial charge in [0.25, 0.3) is 0 Å². The van der Waals surface area contributed by atoms with Crippen LogP contribution in [0.3, 0.4) is 0 Å². The second kappa shape index (κ2) is 17.3. The van der Waals surface area contributed by atoms with Crippen molar-refractivity contribution in [1.29, 1.82) is 0 Å². The number of anilines is 2. The van der Waals surface area contributed by atoms with Gasteiger partial charge in [-0.1, -0.05) is 12.1 Å². The fourth-order valence-electron chi connectivity index (χ4n) is 6.77. The summed E-state index contributed by atoms with van der Waals surface area (Å²) >= 11 is 0. The Kier molecular flexibility index (Phi) is 13.1. The molecule has 0 radical (unpaired) electrons. The minimum absolute atomic E-state index is 0.0271. The summed E-state index contributed by atoms with van der Waals surface area (Å²) in [6.45, 7) is 22.0. The van der Waals surface area contributed by atoms with Gasteiger partial charge in [0.2, 0.25) is 0 Å². The van der Waals surface area contributed by atoms with E-state index in [1.807, 2.05) is 52.0 Å². The topological polar surface area (TPSA) is 73.0 Å². The summed E-state index contributed by atoms with van der Waals surface area (Å²) in [4.78, 5) is 22.9. The Morgan fingerprint density at radius 3 is 1.73 bits per heavy atom. The molecule has 0 saturated carbocycles. The number of rotatable bonds is 6. The first-order valence-electron chi connectivity index (χ1n) is 17.8. The van der Waals surface area contributed by atoms with E-state index in [1.165, 1.54) is 0 Å². The van der Waals surface area contributed by atoms with Crippen LogP contribution in [-0.4, -0.2) is 130 Å². The number of morpholine rings is 2. The average Bonchev–Trinajstić information content (AvgIpc) is 3.07. The van der Waals surface area contributed by atoms with Gasteiger partial charge in [0, 0.05) is 113 Å². The van der Waals surface area contributed by atoms with Crippen molar-refractivity contribution in [3.8, 4) is 0 Å². The van der Waals surface area contributed by atoms with Crippen LogP contribution in [0.25, 0.3) is 0 Å². The molecule has 272 valence electrons. The van der Waals surface area contributed by atoms with Crippen LogP contribution in [0, 0.1) is 11.6 Å². The zero-order chi connectivity index (χ0) is 35.0.